The number of methoxy groups -OCH3 is 1. The van der Waals surface area contributed by atoms with Gasteiger partial charge < -0.3 is 15.4 Å². The molecule has 0 bridgehead atoms. The van der Waals surface area contributed by atoms with E-state index in [2.05, 4.69) is 10.6 Å². The molecule has 1 unspecified atom stereocenters. The van der Waals surface area contributed by atoms with Crippen LogP contribution in [0.2, 0.25) is 0 Å². The topological polar surface area (TPSA) is 67.4 Å². The van der Waals surface area contributed by atoms with Gasteiger partial charge in [-0.15, -0.1) is 0 Å². The van der Waals surface area contributed by atoms with E-state index in [0.29, 0.717) is 17.2 Å². The van der Waals surface area contributed by atoms with E-state index in [0.717, 1.165) is 18.7 Å². The lowest BCUT2D eigenvalue weighted by atomic mass is 9.88. The van der Waals surface area contributed by atoms with Crippen LogP contribution >= 0.6 is 0 Å². The lowest BCUT2D eigenvalue weighted by Crippen LogP contribution is -2.48. The van der Waals surface area contributed by atoms with E-state index in [1.165, 1.54) is 7.11 Å². The van der Waals surface area contributed by atoms with Gasteiger partial charge in [0.2, 0.25) is 5.91 Å². The first-order valence-electron chi connectivity index (χ1n) is 6.73. The molecule has 2 N–H and O–H groups in total. The summed E-state index contributed by atoms with van der Waals surface area (Å²) >= 11 is 0. The highest BCUT2D eigenvalue weighted by atomic mass is 16.5. The van der Waals surface area contributed by atoms with Crippen LogP contribution in [0, 0.1) is 18.8 Å². The fourth-order valence-corrected chi connectivity index (χ4v) is 2.22. The molecule has 108 valence electrons. The number of carbonyl (C=O) groups excluding carboxylic acids is 2. The number of esters is 1. The molecule has 1 heterocycles. The van der Waals surface area contributed by atoms with Crippen LogP contribution in [-0.2, 0) is 9.53 Å². The van der Waals surface area contributed by atoms with Crippen molar-refractivity contribution < 1.29 is 14.3 Å². The molecule has 0 aliphatic carbocycles. The van der Waals surface area contributed by atoms with Gasteiger partial charge in [0.05, 0.1) is 12.7 Å². The molecule has 0 aromatic heterocycles. The number of benzene rings is 1. The van der Waals surface area contributed by atoms with E-state index in [9.17, 15) is 9.59 Å². The van der Waals surface area contributed by atoms with Crippen LogP contribution in [-0.4, -0.2) is 32.1 Å². The number of ether oxygens (including phenoxy) is 1. The number of hydrogen-bond donors (Lipinski definition) is 2. The number of rotatable bonds is 4. The van der Waals surface area contributed by atoms with E-state index in [1.54, 1.807) is 18.2 Å². The van der Waals surface area contributed by atoms with Crippen molar-refractivity contribution in [1.82, 2.24) is 5.32 Å². The molecule has 1 aliphatic heterocycles. The summed E-state index contributed by atoms with van der Waals surface area (Å²) in [4.78, 5) is 23.6. The Bertz CT molecular complexity index is 524. The normalized spacial score (nSPS) is 16.1. The maximum atomic E-state index is 12.1. The SMILES string of the molecule is COC(=O)c1ccc(NC(=O)C(C)C2CNC2)cc1C. The van der Waals surface area contributed by atoms with Gasteiger partial charge in [0.15, 0.2) is 0 Å². The Labute approximate surface area is 118 Å². The van der Waals surface area contributed by atoms with Gasteiger partial charge in [-0.25, -0.2) is 4.79 Å². The first kappa shape index (κ1) is 14.5. The number of amides is 1. The fraction of sp³-hybridized carbons (Fsp3) is 0.467. The van der Waals surface area contributed by atoms with Gasteiger partial charge in [-0.05, 0) is 49.7 Å². The molecule has 1 aromatic rings. The van der Waals surface area contributed by atoms with Crippen LogP contribution in [0.25, 0.3) is 0 Å². The molecule has 1 aliphatic rings. The molecular formula is C15H20N2O3. The largest absolute Gasteiger partial charge is 0.465 e. The van der Waals surface area contributed by atoms with Crippen LogP contribution in [0.5, 0.6) is 0 Å². The molecule has 5 nitrogen and oxygen atoms in total. The summed E-state index contributed by atoms with van der Waals surface area (Å²) in [5.41, 5.74) is 2.01. The monoisotopic (exact) mass is 276 g/mol. The number of aryl methyl sites for hydroxylation is 1. The lowest BCUT2D eigenvalue weighted by molar-refractivity contribution is -0.121. The highest BCUT2D eigenvalue weighted by Gasteiger charge is 2.28. The van der Waals surface area contributed by atoms with Crippen molar-refractivity contribution in [3.8, 4) is 0 Å². The Morgan fingerprint density at radius 1 is 1.40 bits per heavy atom. The van der Waals surface area contributed by atoms with E-state index in [1.807, 2.05) is 13.8 Å². The summed E-state index contributed by atoms with van der Waals surface area (Å²) in [6.07, 6.45) is 0. The number of anilines is 1. The molecule has 0 radical (unpaired) electrons. The van der Waals surface area contributed by atoms with Gasteiger partial charge in [-0.1, -0.05) is 6.92 Å². The summed E-state index contributed by atoms with van der Waals surface area (Å²) in [6, 6.07) is 5.19. The van der Waals surface area contributed by atoms with Crippen LogP contribution < -0.4 is 10.6 Å². The minimum absolute atomic E-state index is 0.0155. The highest BCUT2D eigenvalue weighted by Crippen LogP contribution is 2.20. The van der Waals surface area contributed by atoms with Gasteiger partial charge in [-0.2, -0.15) is 0 Å². The molecule has 2 rings (SSSR count). The Kier molecular flexibility index (Phi) is 4.39. The third-order valence-corrected chi connectivity index (χ3v) is 3.83. The van der Waals surface area contributed by atoms with Crippen LogP contribution in [0.4, 0.5) is 5.69 Å². The van der Waals surface area contributed by atoms with Gasteiger partial charge in [0.25, 0.3) is 0 Å². The average Bonchev–Trinajstić information content (AvgIpc) is 2.36. The molecule has 1 saturated heterocycles. The zero-order valence-corrected chi connectivity index (χ0v) is 12.0. The average molecular weight is 276 g/mol. The van der Waals surface area contributed by atoms with E-state index in [4.69, 9.17) is 4.74 Å². The maximum Gasteiger partial charge on any atom is 0.338 e. The van der Waals surface area contributed by atoms with E-state index >= 15 is 0 Å². The van der Waals surface area contributed by atoms with Crippen LogP contribution in [0.1, 0.15) is 22.8 Å². The Morgan fingerprint density at radius 2 is 2.10 bits per heavy atom. The lowest BCUT2D eigenvalue weighted by Gasteiger charge is -2.31. The minimum atomic E-state index is -0.366. The second-order valence-electron chi connectivity index (χ2n) is 5.22. The van der Waals surface area contributed by atoms with E-state index < -0.39 is 0 Å². The quantitative estimate of drug-likeness (QED) is 0.819. The Hall–Kier alpha value is -1.88. The maximum absolute atomic E-state index is 12.1. The van der Waals surface area contributed by atoms with Gasteiger partial charge in [0.1, 0.15) is 0 Å². The predicted molar refractivity (Wildman–Crippen MR) is 76.7 cm³/mol. The van der Waals surface area contributed by atoms with Gasteiger partial charge in [0, 0.05) is 11.6 Å². The molecular weight excluding hydrogens is 256 g/mol. The predicted octanol–water partition coefficient (Wildman–Crippen LogP) is 1.58. The highest BCUT2D eigenvalue weighted by molar-refractivity contribution is 5.95. The molecule has 1 amide bonds. The van der Waals surface area contributed by atoms with E-state index in [-0.39, 0.29) is 17.8 Å². The molecule has 1 aromatic carbocycles. The molecule has 1 fully saturated rings. The Balaban J connectivity index is 2.04. The number of hydrogen-bond acceptors (Lipinski definition) is 4. The molecule has 20 heavy (non-hydrogen) atoms. The molecule has 0 spiro atoms. The minimum Gasteiger partial charge on any atom is -0.465 e. The molecule has 0 saturated carbocycles. The number of nitrogens with one attached hydrogen (secondary N) is 2. The third kappa shape index (κ3) is 2.99. The van der Waals surface area contributed by atoms with Crippen molar-refractivity contribution in [2.75, 3.05) is 25.5 Å². The zero-order chi connectivity index (χ0) is 14.7. The molecule has 5 heteroatoms. The summed E-state index contributed by atoms with van der Waals surface area (Å²) in [5.74, 6) is 0.0401. The first-order chi connectivity index (χ1) is 9.52. The van der Waals surface area contributed by atoms with Gasteiger partial charge in [-0.3, -0.25) is 4.79 Å². The van der Waals surface area contributed by atoms with Crippen molar-refractivity contribution in [3.63, 3.8) is 0 Å². The summed E-state index contributed by atoms with van der Waals surface area (Å²) in [5, 5.41) is 6.06. The standard InChI is InChI=1S/C15H20N2O3/c1-9-6-12(4-5-13(9)15(19)20-3)17-14(18)10(2)11-7-16-8-11/h4-6,10-11,16H,7-8H2,1-3H3,(H,17,18). The van der Waals surface area contributed by atoms with Crippen molar-refractivity contribution in [2.24, 2.45) is 11.8 Å². The number of carbonyl (C=O) groups is 2. The smallest absolute Gasteiger partial charge is 0.338 e. The van der Waals surface area contributed by atoms with Crippen molar-refractivity contribution in [1.29, 1.82) is 0 Å². The fourth-order valence-electron chi connectivity index (χ4n) is 2.22. The van der Waals surface area contributed by atoms with Crippen LogP contribution in [0.3, 0.4) is 0 Å². The summed E-state index contributed by atoms with van der Waals surface area (Å²) in [7, 11) is 1.35. The van der Waals surface area contributed by atoms with Gasteiger partial charge >= 0.3 is 5.97 Å². The zero-order valence-electron chi connectivity index (χ0n) is 12.0. The van der Waals surface area contributed by atoms with Crippen molar-refractivity contribution >= 4 is 17.6 Å². The van der Waals surface area contributed by atoms with Crippen molar-refractivity contribution in [2.45, 2.75) is 13.8 Å². The third-order valence-electron chi connectivity index (χ3n) is 3.83. The van der Waals surface area contributed by atoms with Crippen molar-refractivity contribution in [3.05, 3.63) is 29.3 Å². The summed E-state index contributed by atoms with van der Waals surface area (Å²) < 4.78 is 4.70. The van der Waals surface area contributed by atoms with Crippen LogP contribution in [0.15, 0.2) is 18.2 Å². The second-order valence-corrected chi connectivity index (χ2v) is 5.22. The first-order valence-corrected chi connectivity index (χ1v) is 6.73. The molecule has 1 atom stereocenters. The summed E-state index contributed by atoms with van der Waals surface area (Å²) in [6.45, 7) is 5.56. The Morgan fingerprint density at radius 3 is 2.60 bits per heavy atom. The second kappa shape index (κ2) is 6.05.